The molecule has 0 unspecified atom stereocenters. The van der Waals surface area contributed by atoms with Gasteiger partial charge in [0.05, 0.1) is 45.7 Å². The lowest BCUT2D eigenvalue weighted by atomic mass is 9.95. The number of ether oxygens (including phenoxy) is 4. The first kappa shape index (κ1) is 27.5. The average Bonchev–Trinajstić information content (AvgIpc) is 3.21. The molecule has 2 aliphatic rings. The fourth-order valence-corrected chi connectivity index (χ4v) is 4.84. The standard InChI is InChI=1S/C29H36N2O7/c1-4-16-38-23-11-8-21(19-24(23)36-3)26-25(27(32)20-6-9-22(35-2)10-7-20)28(33)29(34)31(26)13-5-12-30-14-17-37-18-15-30/h6-11,19,26,32H,4-5,12-18H2,1-3H3/t26-/m1/s1. The van der Waals surface area contributed by atoms with E-state index in [1.54, 1.807) is 55.5 Å². The summed E-state index contributed by atoms with van der Waals surface area (Å²) in [7, 11) is 3.10. The van der Waals surface area contributed by atoms with Crippen LogP contribution in [0.25, 0.3) is 5.76 Å². The summed E-state index contributed by atoms with van der Waals surface area (Å²) in [4.78, 5) is 30.5. The van der Waals surface area contributed by atoms with Crippen LogP contribution in [-0.2, 0) is 14.3 Å². The second kappa shape index (κ2) is 12.8. The highest BCUT2D eigenvalue weighted by atomic mass is 16.5. The van der Waals surface area contributed by atoms with E-state index in [1.165, 1.54) is 0 Å². The number of hydrogen-bond acceptors (Lipinski definition) is 8. The summed E-state index contributed by atoms with van der Waals surface area (Å²) in [6, 6.07) is 11.3. The van der Waals surface area contributed by atoms with Gasteiger partial charge in [0.15, 0.2) is 11.5 Å². The molecule has 1 atom stereocenters. The number of amides is 1. The number of ketones is 1. The zero-order valence-electron chi connectivity index (χ0n) is 22.3. The van der Waals surface area contributed by atoms with Gasteiger partial charge in [-0.1, -0.05) is 13.0 Å². The number of likely N-dealkylation sites (tertiary alicyclic amines) is 1. The summed E-state index contributed by atoms with van der Waals surface area (Å²) >= 11 is 0. The van der Waals surface area contributed by atoms with Crippen LogP contribution >= 0.6 is 0 Å². The summed E-state index contributed by atoms with van der Waals surface area (Å²) in [6.07, 6.45) is 1.52. The summed E-state index contributed by atoms with van der Waals surface area (Å²) in [5, 5.41) is 11.3. The Morgan fingerprint density at radius 1 is 1.00 bits per heavy atom. The first-order valence-corrected chi connectivity index (χ1v) is 13.0. The zero-order valence-corrected chi connectivity index (χ0v) is 22.3. The third-order valence-electron chi connectivity index (χ3n) is 6.85. The minimum absolute atomic E-state index is 0.0517. The fourth-order valence-electron chi connectivity index (χ4n) is 4.84. The molecule has 2 aromatic carbocycles. The maximum absolute atomic E-state index is 13.3. The quantitative estimate of drug-likeness (QED) is 0.270. The van der Waals surface area contributed by atoms with Gasteiger partial charge in [-0.15, -0.1) is 0 Å². The number of nitrogens with zero attached hydrogens (tertiary/aromatic N) is 2. The number of hydrogen-bond donors (Lipinski definition) is 1. The van der Waals surface area contributed by atoms with Gasteiger partial charge in [0.1, 0.15) is 11.5 Å². The lowest BCUT2D eigenvalue weighted by Gasteiger charge is -2.29. The van der Waals surface area contributed by atoms with E-state index in [1.807, 2.05) is 13.0 Å². The van der Waals surface area contributed by atoms with Crippen molar-refractivity contribution in [2.24, 2.45) is 0 Å². The van der Waals surface area contributed by atoms with Crippen molar-refractivity contribution in [3.05, 3.63) is 59.2 Å². The molecule has 9 nitrogen and oxygen atoms in total. The normalized spacial score (nSPS) is 19.6. The molecular weight excluding hydrogens is 488 g/mol. The first-order chi connectivity index (χ1) is 18.5. The summed E-state index contributed by atoms with van der Waals surface area (Å²) in [5.74, 6) is 0.139. The first-order valence-electron chi connectivity index (χ1n) is 13.0. The zero-order chi connectivity index (χ0) is 27.1. The SMILES string of the molecule is CCCOc1ccc([C@@H]2C(=C(O)c3ccc(OC)cc3)C(=O)C(=O)N2CCCN2CCOCC2)cc1OC. The Bertz CT molecular complexity index is 1160. The predicted molar refractivity (Wildman–Crippen MR) is 143 cm³/mol. The molecule has 2 aliphatic heterocycles. The van der Waals surface area contributed by atoms with Gasteiger partial charge in [0, 0.05) is 31.7 Å². The number of carbonyl (C=O) groups is 2. The molecule has 0 aromatic heterocycles. The number of aliphatic hydroxyl groups is 1. The number of aliphatic hydroxyl groups excluding tert-OH is 1. The minimum atomic E-state index is -0.768. The molecule has 2 saturated heterocycles. The van der Waals surface area contributed by atoms with Crippen LogP contribution in [0.4, 0.5) is 0 Å². The molecule has 0 aliphatic carbocycles. The molecule has 1 N–H and O–H groups in total. The van der Waals surface area contributed by atoms with Gasteiger partial charge in [-0.05, 0) is 54.8 Å². The topological polar surface area (TPSA) is 97.8 Å². The molecule has 1 amide bonds. The van der Waals surface area contributed by atoms with Crippen LogP contribution in [0.5, 0.6) is 17.2 Å². The van der Waals surface area contributed by atoms with E-state index in [4.69, 9.17) is 18.9 Å². The summed E-state index contributed by atoms with van der Waals surface area (Å²) in [5.41, 5.74) is 1.14. The Labute approximate surface area is 223 Å². The van der Waals surface area contributed by atoms with Crippen molar-refractivity contribution >= 4 is 17.4 Å². The van der Waals surface area contributed by atoms with E-state index in [0.29, 0.717) is 61.2 Å². The number of rotatable bonds is 11. The minimum Gasteiger partial charge on any atom is -0.507 e. The molecular formula is C29H36N2O7. The number of methoxy groups -OCH3 is 2. The maximum atomic E-state index is 13.3. The summed E-state index contributed by atoms with van der Waals surface area (Å²) in [6.45, 7) is 6.77. The Hall–Kier alpha value is -3.56. The van der Waals surface area contributed by atoms with Gasteiger partial charge in [-0.3, -0.25) is 14.5 Å². The van der Waals surface area contributed by atoms with Crippen LogP contribution in [0.3, 0.4) is 0 Å². The Kier molecular flexibility index (Phi) is 9.25. The molecule has 0 saturated carbocycles. The van der Waals surface area contributed by atoms with Crippen molar-refractivity contribution in [1.82, 2.24) is 9.80 Å². The van der Waals surface area contributed by atoms with Crippen molar-refractivity contribution in [3.63, 3.8) is 0 Å². The lowest BCUT2D eigenvalue weighted by molar-refractivity contribution is -0.140. The molecule has 2 heterocycles. The van der Waals surface area contributed by atoms with Gasteiger partial charge in [-0.25, -0.2) is 0 Å². The van der Waals surface area contributed by atoms with Crippen molar-refractivity contribution in [2.45, 2.75) is 25.8 Å². The maximum Gasteiger partial charge on any atom is 0.295 e. The van der Waals surface area contributed by atoms with Crippen LogP contribution in [0.1, 0.15) is 36.9 Å². The van der Waals surface area contributed by atoms with E-state index in [0.717, 1.165) is 26.1 Å². The highest BCUT2D eigenvalue weighted by Crippen LogP contribution is 2.42. The second-order valence-corrected chi connectivity index (χ2v) is 9.29. The molecule has 0 radical (unpaired) electrons. The lowest BCUT2D eigenvalue weighted by Crippen LogP contribution is -2.39. The highest BCUT2D eigenvalue weighted by molar-refractivity contribution is 6.46. The van der Waals surface area contributed by atoms with Crippen LogP contribution in [0.15, 0.2) is 48.0 Å². The van der Waals surface area contributed by atoms with Gasteiger partial charge in [-0.2, -0.15) is 0 Å². The molecule has 38 heavy (non-hydrogen) atoms. The van der Waals surface area contributed by atoms with Crippen molar-refractivity contribution in [1.29, 1.82) is 0 Å². The van der Waals surface area contributed by atoms with Gasteiger partial charge in [0.2, 0.25) is 0 Å². The van der Waals surface area contributed by atoms with Crippen molar-refractivity contribution < 1.29 is 33.6 Å². The monoisotopic (exact) mass is 524 g/mol. The molecule has 0 bridgehead atoms. The molecule has 2 aromatic rings. The highest BCUT2D eigenvalue weighted by Gasteiger charge is 2.46. The predicted octanol–water partition coefficient (Wildman–Crippen LogP) is 3.64. The molecule has 0 spiro atoms. The van der Waals surface area contributed by atoms with Crippen molar-refractivity contribution in [3.8, 4) is 17.2 Å². The average molecular weight is 525 g/mol. The number of Topliss-reactive ketones (excluding diaryl/α,β-unsaturated/α-hetero) is 1. The van der Waals surface area contributed by atoms with E-state index < -0.39 is 17.7 Å². The van der Waals surface area contributed by atoms with Gasteiger partial charge in [0.25, 0.3) is 11.7 Å². The van der Waals surface area contributed by atoms with E-state index in [-0.39, 0.29) is 11.3 Å². The smallest absolute Gasteiger partial charge is 0.295 e. The van der Waals surface area contributed by atoms with Gasteiger partial charge >= 0.3 is 0 Å². The van der Waals surface area contributed by atoms with Crippen LogP contribution in [-0.4, -0.2) is 86.8 Å². The third-order valence-corrected chi connectivity index (χ3v) is 6.85. The molecule has 9 heteroatoms. The van der Waals surface area contributed by atoms with Crippen LogP contribution in [0, 0.1) is 0 Å². The Balaban J connectivity index is 1.71. The van der Waals surface area contributed by atoms with E-state index in [2.05, 4.69) is 4.90 Å². The number of morpholine rings is 1. The Morgan fingerprint density at radius 2 is 1.74 bits per heavy atom. The molecule has 4 rings (SSSR count). The summed E-state index contributed by atoms with van der Waals surface area (Å²) < 4.78 is 22.0. The van der Waals surface area contributed by atoms with E-state index in [9.17, 15) is 14.7 Å². The van der Waals surface area contributed by atoms with Crippen LogP contribution < -0.4 is 14.2 Å². The van der Waals surface area contributed by atoms with Crippen molar-refractivity contribution in [2.75, 3.05) is 60.2 Å². The Morgan fingerprint density at radius 3 is 2.39 bits per heavy atom. The number of benzene rings is 2. The largest absolute Gasteiger partial charge is 0.507 e. The van der Waals surface area contributed by atoms with Gasteiger partial charge < -0.3 is 29.0 Å². The van der Waals surface area contributed by atoms with Crippen LogP contribution in [0.2, 0.25) is 0 Å². The van der Waals surface area contributed by atoms with E-state index >= 15 is 0 Å². The second-order valence-electron chi connectivity index (χ2n) is 9.29. The fraction of sp³-hybridized carbons (Fsp3) is 0.448. The number of carbonyl (C=O) groups excluding carboxylic acids is 2. The third kappa shape index (κ3) is 5.95. The molecule has 2 fully saturated rings. The molecule has 204 valence electrons.